The Labute approximate surface area is 116 Å². The van der Waals surface area contributed by atoms with Gasteiger partial charge in [0.2, 0.25) is 0 Å². The number of aromatic carboxylic acids is 1. The number of nitrogens with one attached hydrogen (secondary N) is 1. The van der Waals surface area contributed by atoms with Crippen molar-refractivity contribution >= 4 is 11.7 Å². The van der Waals surface area contributed by atoms with Gasteiger partial charge in [0, 0.05) is 31.2 Å². The first-order chi connectivity index (χ1) is 9.66. The van der Waals surface area contributed by atoms with E-state index in [9.17, 15) is 9.18 Å². The summed E-state index contributed by atoms with van der Waals surface area (Å²) in [4.78, 5) is 14.6. The maximum atomic E-state index is 13.4. The second-order valence-corrected chi connectivity index (χ2v) is 4.43. The highest BCUT2D eigenvalue weighted by atomic mass is 19.1. The SMILES string of the molecule is O=C(O)c1ccc(NCCCCn2ccnc2)cc1F. The van der Waals surface area contributed by atoms with Gasteiger partial charge in [0.1, 0.15) is 5.82 Å². The van der Waals surface area contributed by atoms with Crippen molar-refractivity contribution in [2.75, 3.05) is 11.9 Å². The van der Waals surface area contributed by atoms with Gasteiger partial charge >= 0.3 is 5.97 Å². The minimum Gasteiger partial charge on any atom is -0.478 e. The maximum Gasteiger partial charge on any atom is 0.338 e. The zero-order valence-corrected chi connectivity index (χ0v) is 10.9. The van der Waals surface area contributed by atoms with Gasteiger partial charge in [-0.1, -0.05) is 0 Å². The molecule has 2 aromatic rings. The largest absolute Gasteiger partial charge is 0.478 e. The summed E-state index contributed by atoms with van der Waals surface area (Å²) in [7, 11) is 0. The Hall–Kier alpha value is -2.37. The van der Waals surface area contributed by atoms with E-state index in [0.29, 0.717) is 12.2 Å². The van der Waals surface area contributed by atoms with Gasteiger partial charge in [-0.3, -0.25) is 0 Å². The first-order valence-corrected chi connectivity index (χ1v) is 6.39. The smallest absolute Gasteiger partial charge is 0.338 e. The van der Waals surface area contributed by atoms with E-state index in [2.05, 4.69) is 10.3 Å². The molecule has 0 bridgehead atoms. The molecule has 0 spiro atoms. The number of nitrogens with zero attached hydrogens (tertiary/aromatic N) is 2. The third kappa shape index (κ3) is 3.81. The number of carboxylic acids is 1. The number of hydrogen-bond donors (Lipinski definition) is 2. The Morgan fingerprint density at radius 1 is 1.40 bits per heavy atom. The quantitative estimate of drug-likeness (QED) is 0.763. The number of carbonyl (C=O) groups is 1. The molecule has 0 aliphatic carbocycles. The van der Waals surface area contributed by atoms with Crippen LogP contribution in [0.3, 0.4) is 0 Å². The molecule has 0 saturated heterocycles. The van der Waals surface area contributed by atoms with Gasteiger partial charge in [0.25, 0.3) is 0 Å². The lowest BCUT2D eigenvalue weighted by molar-refractivity contribution is 0.0692. The van der Waals surface area contributed by atoms with Gasteiger partial charge in [0.15, 0.2) is 0 Å². The predicted molar refractivity (Wildman–Crippen MR) is 73.3 cm³/mol. The normalized spacial score (nSPS) is 10.4. The van der Waals surface area contributed by atoms with Crippen molar-refractivity contribution in [1.82, 2.24) is 9.55 Å². The third-order valence-electron chi connectivity index (χ3n) is 2.93. The molecule has 2 rings (SSSR count). The molecule has 1 heterocycles. The predicted octanol–water partition coefficient (Wildman–Crippen LogP) is 2.61. The molecule has 0 unspecified atom stereocenters. The molecule has 20 heavy (non-hydrogen) atoms. The minimum atomic E-state index is -1.26. The van der Waals surface area contributed by atoms with Crippen molar-refractivity contribution in [1.29, 1.82) is 0 Å². The lowest BCUT2D eigenvalue weighted by atomic mass is 10.2. The molecule has 6 heteroatoms. The van der Waals surface area contributed by atoms with Gasteiger partial charge in [-0.15, -0.1) is 0 Å². The van der Waals surface area contributed by atoms with E-state index >= 15 is 0 Å². The minimum absolute atomic E-state index is 0.310. The van der Waals surface area contributed by atoms with Crippen LogP contribution in [0.15, 0.2) is 36.9 Å². The number of rotatable bonds is 7. The van der Waals surface area contributed by atoms with Gasteiger partial charge in [-0.2, -0.15) is 0 Å². The average Bonchev–Trinajstić information content (AvgIpc) is 2.91. The van der Waals surface area contributed by atoms with Crippen molar-refractivity contribution in [3.63, 3.8) is 0 Å². The Bertz CT molecular complexity index is 570. The summed E-state index contributed by atoms with van der Waals surface area (Å²) in [6, 6.07) is 4.05. The summed E-state index contributed by atoms with van der Waals surface area (Å²) in [6.07, 6.45) is 7.34. The van der Waals surface area contributed by atoms with E-state index in [1.807, 2.05) is 10.8 Å². The number of aryl methyl sites for hydroxylation is 1. The number of benzene rings is 1. The molecule has 1 aromatic heterocycles. The van der Waals surface area contributed by atoms with Crippen LogP contribution in [0.1, 0.15) is 23.2 Å². The zero-order valence-electron chi connectivity index (χ0n) is 10.9. The topological polar surface area (TPSA) is 67.2 Å². The van der Waals surface area contributed by atoms with Crippen LogP contribution < -0.4 is 5.32 Å². The summed E-state index contributed by atoms with van der Waals surface area (Å²) < 4.78 is 15.4. The number of unbranched alkanes of at least 4 members (excludes halogenated alkanes) is 1. The van der Waals surface area contributed by atoms with Crippen molar-refractivity contribution in [2.45, 2.75) is 19.4 Å². The van der Waals surface area contributed by atoms with Crippen LogP contribution in [-0.4, -0.2) is 27.2 Å². The van der Waals surface area contributed by atoms with Gasteiger partial charge in [0.05, 0.1) is 11.9 Å². The summed E-state index contributed by atoms with van der Waals surface area (Å²) in [5, 5.41) is 11.8. The summed E-state index contributed by atoms with van der Waals surface area (Å²) >= 11 is 0. The van der Waals surface area contributed by atoms with Gasteiger partial charge in [-0.05, 0) is 31.0 Å². The number of carboxylic acid groups (broad SMARTS) is 1. The van der Waals surface area contributed by atoms with Crippen molar-refractivity contribution < 1.29 is 14.3 Å². The van der Waals surface area contributed by atoms with E-state index < -0.39 is 11.8 Å². The number of imidazole rings is 1. The molecule has 2 N–H and O–H groups in total. The molecule has 0 fully saturated rings. The van der Waals surface area contributed by atoms with Crippen LogP contribution in [0.4, 0.5) is 10.1 Å². The molecule has 106 valence electrons. The Morgan fingerprint density at radius 3 is 2.90 bits per heavy atom. The monoisotopic (exact) mass is 277 g/mol. The Balaban J connectivity index is 1.74. The first kappa shape index (κ1) is 14.0. The van der Waals surface area contributed by atoms with E-state index in [1.54, 1.807) is 18.6 Å². The van der Waals surface area contributed by atoms with Crippen LogP contribution in [0.25, 0.3) is 0 Å². The fourth-order valence-electron chi connectivity index (χ4n) is 1.87. The molecule has 0 radical (unpaired) electrons. The fraction of sp³-hybridized carbons (Fsp3) is 0.286. The number of halogens is 1. The Kier molecular flexibility index (Phi) is 4.70. The first-order valence-electron chi connectivity index (χ1n) is 6.39. The molecule has 0 aliphatic rings. The average molecular weight is 277 g/mol. The number of hydrogen-bond acceptors (Lipinski definition) is 3. The van der Waals surface area contributed by atoms with Crippen molar-refractivity contribution in [3.8, 4) is 0 Å². The highest BCUT2D eigenvalue weighted by Crippen LogP contribution is 2.14. The maximum absolute atomic E-state index is 13.4. The lowest BCUT2D eigenvalue weighted by Crippen LogP contribution is -2.06. The number of anilines is 1. The van der Waals surface area contributed by atoms with E-state index in [-0.39, 0.29) is 5.56 Å². The molecule has 0 amide bonds. The van der Waals surface area contributed by atoms with Crippen LogP contribution in [0.2, 0.25) is 0 Å². The van der Waals surface area contributed by atoms with Crippen LogP contribution >= 0.6 is 0 Å². The summed E-state index contributed by atoms with van der Waals surface area (Å²) in [6.45, 7) is 1.61. The molecule has 5 nitrogen and oxygen atoms in total. The zero-order chi connectivity index (χ0) is 14.4. The van der Waals surface area contributed by atoms with Gasteiger partial charge in [-0.25, -0.2) is 14.2 Å². The molecule has 0 saturated carbocycles. The van der Waals surface area contributed by atoms with E-state index in [1.165, 1.54) is 12.1 Å². The summed E-state index contributed by atoms with van der Waals surface area (Å²) in [5.41, 5.74) is 0.283. The van der Waals surface area contributed by atoms with E-state index in [0.717, 1.165) is 19.4 Å². The van der Waals surface area contributed by atoms with Crippen molar-refractivity contribution in [2.24, 2.45) is 0 Å². The van der Waals surface area contributed by atoms with Crippen LogP contribution in [0.5, 0.6) is 0 Å². The highest BCUT2D eigenvalue weighted by Gasteiger charge is 2.09. The van der Waals surface area contributed by atoms with Crippen LogP contribution in [-0.2, 0) is 6.54 Å². The standard InChI is InChI=1S/C14H16FN3O2/c15-13-9-11(3-4-12(13)14(19)20)17-5-1-2-7-18-8-6-16-10-18/h3-4,6,8-10,17H,1-2,5,7H2,(H,19,20). The fourth-order valence-corrected chi connectivity index (χ4v) is 1.87. The third-order valence-corrected chi connectivity index (χ3v) is 2.93. The number of aromatic nitrogens is 2. The molecule has 0 atom stereocenters. The molecule has 1 aromatic carbocycles. The van der Waals surface area contributed by atoms with Crippen LogP contribution in [0, 0.1) is 5.82 Å². The van der Waals surface area contributed by atoms with E-state index in [4.69, 9.17) is 5.11 Å². The molecular formula is C14H16FN3O2. The second kappa shape index (κ2) is 6.70. The summed E-state index contributed by atoms with van der Waals surface area (Å²) in [5.74, 6) is -1.98. The molecular weight excluding hydrogens is 261 g/mol. The molecule has 0 aliphatic heterocycles. The van der Waals surface area contributed by atoms with Crippen molar-refractivity contribution in [3.05, 3.63) is 48.3 Å². The highest BCUT2D eigenvalue weighted by molar-refractivity contribution is 5.88. The Morgan fingerprint density at radius 2 is 2.25 bits per heavy atom. The van der Waals surface area contributed by atoms with Gasteiger partial charge < -0.3 is 15.0 Å². The second-order valence-electron chi connectivity index (χ2n) is 4.43. The lowest BCUT2D eigenvalue weighted by Gasteiger charge is -2.07.